The topological polar surface area (TPSA) is 140 Å². The number of rotatable bonds is 6. The molecule has 1 amide bonds. The quantitative estimate of drug-likeness (QED) is 0.332. The average Bonchev–Trinajstić information content (AvgIpc) is 3.34. The zero-order chi connectivity index (χ0) is 24.5. The lowest BCUT2D eigenvalue weighted by Crippen LogP contribution is -2.52. The van der Waals surface area contributed by atoms with Gasteiger partial charge in [-0.05, 0) is 60.7 Å². The number of carboxylic acids is 1. The number of amides is 1. The molecule has 0 saturated carbocycles. The second kappa shape index (κ2) is 8.97. The summed E-state index contributed by atoms with van der Waals surface area (Å²) in [5.74, 6) is -1.41. The number of hydrogen-bond donors (Lipinski definition) is 4. The Morgan fingerprint density at radius 2 is 1.79 bits per heavy atom. The largest absolute Gasteiger partial charge is 0.481 e. The zero-order valence-corrected chi connectivity index (χ0v) is 18.7. The molecule has 34 heavy (non-hydrogen) atoms. The molecular formula is C26H26N4O4. The van der Waals surface area contributed by atoms with E-state index in [1.54, 1.807) is 72.6 Å². The number of benzene rings is 2. The molecule has 0 radical (unpaired) electrons. The van der Waals surface area contributed by atoms with Crippen LogP contribution in [-0.2, 0) is 10.2 Å². The van der Waals surface area contributed by atoms with Gasteiger partial charge in [0, 0.05) is 29.9 Å². The number of nitrogens with zero attached hydrogens (tertiary/aromatic N) is 1. The van der Waals surface area contributed by atoms with Gasteiger partial charge in [-0.2, -0.15) is 0 Å². The summed E-state index contributed by atoms with van der Waals surface area (Å²) in [5.41, 5.74) is 7.15. The number of likely N-dealkylation sites (tertiary alicyclic amines) is 1. The normalized spacial score (nSPS) is 17.2. The molecule has 174 valence electrons. The summed E-state index contributed by atoms with van der Waals surface area (Å²) < 4.78 is 0. The third-order valence-corrected chi connectivity index (χ3v) is 6.65. The van der Waals surface area contributed by atoms with E-state index in [0.29, 0.717) is 36.1 Å². The van der Waals surface area contributed by atoms with Crippen LogP contribution in [-0.4, -0.2) is 45.3 Å². The molecule has 0 bridgehead atoms. The number of carbonyl (C=O) groups excluding carboxylic acids is 1. The van der Waals surface area contributed by atoms with Crippen LogP contribution in [0.2, 0.25) is 0 Å². The molecule has 2 atom stereocenters. The first-order valence-electron chi connectivity index (χ1n) is 11.0. The van der Waals surface area contributed by atoms with Crippen molar-refractivity contribution in [2.45, 2.75) is 31.2 Å². The molecule has 0 spiro atoms. The van der Waals surface area contributed by atoms with Gasteiger partial charge in [0.1, 0.15) is 11.3 Å². The molecule has 2 heterocycles. The molecule has 2 aromatic carbocycles. The highest BCUT2D eigenvalue weighted by Crippen LogP contribution is 2.38. The van der Waals surface area contributed by atoms with Crippen molar-refractivity contribution in [3.63, 3.8) is 0 Å². The highest BCUT2D eigenvalue weighted by Gasteiger charge is 2.49. The van der Waals surface area contributed by atoms with Gasteiger partial charge in [0.2, 0.25) is 5.56 Å². The van der Waals surface area contributed by atoms with Crippen molar-refractivity contribution in [2.24, 2.45) is 5.73 Å². The third kappa shape index (κ3) is 4.10. The van der Waals surface area contributed by atoms with Gasteiger partial charge in [-0.25, -0.2) is 0 Å². The van der Waals surface area contributed by atoms with Crippen molar-refractivity contribution in [1.29, 1.82) is 5.41 Å². The SMILES string of the molecule is C[C@@](C(=O)O)(c1cccc(C(=N)N)c1)[C@H]1CCCN1C(=O)c1ccc(-c2ccc(=O)[nH]c2)cc1. The van der Waals surface area contributed by atoms with Gasteiger partial charge in [-0.15, -0.1) is 0 Å². The molecule has 8 heteroatoms. The summed E-state index contributed by atoms with van der Waals surface area (Å²) in [4.78, 5) is 41.6. The Morgan fingerprint density at radius 1 is 1.09 bits per heavy atom. The molecule has 0 unspecified atom stereocenters. The van der Waals surface area contributed by atoms with Crippen LogP contribution in [0.15, 0.2) is 71.7 Å². The lowest BCUT2D eigenvalue weighted by Gasteiger charge is -2.38. The fourth-order valence-corrected chi connectivity index (χ4v) is 4.64. The molecule has 1 aliphatic heterocycles. The Kier molecular flexibility index (Phi) is 6.06. The smallest absolute Gasteiger partial charge is 0.315 e. The Labute approximate surface area is 196 Å². The van der Waals surface area contributed by atoms with Crippen LogP contribution in [0.25, 0.3) is 11.1 Å². The Bertz CT molecular complexity index is 1290. The third-order valence-electron chi connectivity index (χ3n) is 6.65. The maximum atomic E-state index is 13.5. The first kappa shape index (κ1) is 23.0. The number of pyridine rings is 1. The van der Waals surface area contributed by atoms with Gasteiger partial charge < -0.3 is 20.7 Å². The molecule has 1 fully saturated rings. The van der Waals surface area contributed by atoms with E-state index in [0.717, 1.165) is 11.1 Å². The lowest BCUT2D eigenvalue weighted by molar-refractivity contribution is -0.145. The van der Waals surface area contributed by atoms with E-state index in [2.05, 4.69) is 4.98 Å². The fraction of sp³-hybridized carbons (Fsp3) is 0.231. The van der Waals surface area contributed by atoms with Gasteiger partial charge in [0.05, 0.1) is 6.04 Å². The van der Waals surface area contributed by atoms with Gasteiger partial charge in [0.15, 0.2) is 0 Å². The number of H-pyrrole nitrogens is 1. The molecule has 4 rings (SSSR count). The van der Waals surface area contributed by atoms with Crippen LogP contribution in [0.5, 0.6) is 0 Å². The molecule has 1 aromatic heterocycles. The van der Waals surface area contributed by atoms with Crippen molar-refractivity contribution < 1.29 is 14.7 Å². The summed E-state index contributed by atoms with van der Waals surface area (Å²) >= 11 is 0. The van der Waals surface area contributed by atoms with E-state index in [9.17, 15) is 19.5 Å². The molecule has 0 aliphatic carbocycles. The highest BCUT2D eigenvalue weighted by atomic mass is 16.4. The minimum absolute atomic E-state index is 0.142. The monoisotopic (exact) mass is 458 g/mol. The maximum Gasteiger partial charge on any atom is 0.315 e. The van der Waals surface area contributed by atoms with E-state index in [4.69, 9.17) is 11.1 Å². The molecule has 8 nitrogen and oxygen atoms in total. The number of aliphatic carboxylic acids is 1. The summed E-state index contributed by atoms with van der Waals surface area (Å²) in [5, 5.41) is 18.0. The van der Waals surface area contributed by atoms with Crippen LogP contribution < -0.4 is 11.3 Å². The van der Waals surface area contributed by atoms with E-state index < -0.39 is 17.4 Å². The predicted molar refractivity (Wildman–Crippen MR) is 129 cm³/mol. The Hall–Kier alpha value is -4.20. The van der Waals surface area contributed by atoms with Crippen LogP contribution >= 0.6 is 0 Å². The number of hydrogen-bond acceptors (Lipinski definition) is 4. The van der Waals surface area contributed by atoms with Crippen molar-refractivity contribution in [1.82, 2.24) is 9.88 Å². The summed E-state index contributed by atoms with van der Waals surface area (Å²) in [6, 6.07) is 16.3. The lowest BCUT2D eigenvalue weighted by atomic mass is 9.74. The van der Waals surface area contributed by atoms with E-state index >= 15 is 0 Å². The number of aromatic nitrogens is 1. The van der Waals surface area contributed by atoms with Crippen LogP contribution in [0.3, 0.4) is 0 Å². The van der Waals surface area contributed by atoms with Crippen LogP contribution in [0.1, 0.15) is 41.3 Å². The van der Waals surface area contributed by atoms with E-state index in [-0.39, 0.29) is 17.3 Å². The van der Waals surface area contributed by atoms with Crippen molar-refractivity contribution in [2.75, 3.05) is 6.54 Å². The number of carboxylic acid groups (broad SMARTS) is 1. The predicted octanol–water partition coefficient (Wildman–Crippen LogP) is 2.97. The van der Waals surface area contributed by atoms with Crippen LogP contribution in [0.4, 0.5) is 0 Å². The first-order valence-corrected chi connectivity index (χ1v) is 11.0. The number of nitrogens with one attached hydrogen (secondary N) is 2. The minimum atomic E-state index is -1.37. The van der Waals surface area contributed by atoms with Gasteiger partial charge in [-0.1, -0.05) is 30.3 Å². The summed E-state index contributed by atoms with van der Waals surface area (Å²) in [7, 11) is 0. The highest BCUT2D eigenvalue weighted by molar-refractivity contribution is 5.97. The second-order valence-electron chi connectivity index (χ2n) is 8.68. The summed E-state index contributed by atoms with van der Waals surface area (Å²) in [6.07, 6.45) is 2.86. The molecule has 5 N–H and O–H groups in total. The van der Waals surface area contributed by atoms with E-state index in [1.807, 2.05) is 0 Å². The maximum absolute atomic E-state index is 13.5. The van der Waals surface area contributed by atoms with Gasteiger partial charge in [-0.3, -0.25) is 19.8 Å². The number of carbonyl (C=O) groups is 2. The van der Waals surface area contributed by atoms with Crippen molar-refractivity contribution in [3.05, 3.63) is 93.9 Å². The van der Waals surface area contributed by atoms with Gasteiger partial charge >= 0.3 is 5.97 Å². The van der Waals surface area contributed by atoms with Crippen molar-refractivity contribution in [3.8, 4) is 11.1 Å². The fourth-order valence-electron chi connectivity index (χ4n) is 4.64. The minimum Gasteiger partial charge on any atom is -0.481 e. The first-order chi connectivity index (χ1) is 16.2. The number of amidine groups is 1. The number of aromatic amines is 1. The molecular weight excluding hydrogens is 432 g/mol. The van der Waals surface area contributed by atoms with Gasteiger partial charge in [0.25, 0.3) is 5.91 Å². The zero-order valence-electron chi connectivity index (χ0n) is 18.7. The Balaban J connectivity index is 1.65. The Morgan fingerprint density at radius 3 is 2.41 bits per heavy atom. The molecule has 1 saturated heterocycles. The second-order valence-corrected chi connectivity index (χ2v) is 8.68. The number of nitrogens with two attached hydrogens (primary N) is 1. The average molecular weight is 459 g/mol. The van der Waals surface area contributed by atoms with Crippen LogP contribution in [0, 0.1) is 5.41 Å². The van der Waals surface area contributed by atoms with E-state index in [1.165, 1.54) is 6.07 Å². The standard InChI is InChI=1S/C26H26N4O4/c1-26(25(33)34,20-5-2-4-18(14-20)23(27)28)21-6-3-13-30(21)24(32)17-9-7-16(8-10-17)19-11-12-22(31)29-15-19/h2,4-5,7-12,14-15,21H,3,6,13H2,1H3,(H3,27,28)(H,29,31)(H,33,34)/t21-,26-/m1/s1. The number of nitrogen functional groups attached to an aromatic ring is 1. The molecule has 1 aliphatic rings. The molecule has 3 aromatic rings. The summed E-state index contributed by atoms with van der Waals surface area (Å²) in [6.45, 7) is 2.09. The van der Waals surface area contributed by atoms with Crippen molar-refractivity contribution >= 4 is 17.7 Å².